The molecule has 1 unspecified atom stereocenters. The van der Waals surface area contributed by atoms with Crippen LogP contribution in [0.2, 0.25) is 0 Å². The van der Waals surface area contributed by atoms with E-state index in [1.807, 2.05) is 30.3 Å². The van der Waals surface area contributed by atoms with Crippen LogP contribution in [0.15, 0.2) is 53.3 Å². The van der Waals surface area contributed by atoms with E-state index in [0.29, 0.717) is 42.5 Å². The molecular formula is C26H32N4O3. The van der Waals surface area contributed by atoms with Crippen molar-refractivity contribution in [3.8, 4) is 5.75 Å². The fourth-order valence-corrected chi connectivity index (χ4v) is 4.48. The molecule has 174 valence electrons. The van der Waals surface area contributed by atoms with E-state index in [1.165, 1.54) is 24.8 Å². The lowest BCUT2D eigenvalue weighted by atomic mass is 10.0. The average Bonchev–Trinajstić information content (AvgIpc) is 2.85. The second kappa shape index (κ2) is 11.1. The van der Waals surface area contributed by atoms with Gasteiger partial charge in [0.05, 0.1) is 24.1 Å². The number of likely N-dealkylation sites (tertiary alicyclic amines) is 1. The van der Waals surface area contributed by atoms with Crippen LogP contribution in [0.5, 0.6) is 5.75 Å². The number of carbonyl (C=O) groups excluding carboxylic acids is 1. The van der Waals surface area contributed by atoms with Gasteiger partial charge in [0.2, 0.25) is 5.91 Å². The summed E-state index contributed by atoms with van der Waals surface area (Å²) in [5, 5.41) is 3.71. The van der Waals surface area contributed by atoms with E-state index in [2.05, 4.69) is 32.3 Å². The second-order valence-corrected chi connectivity index (χ2v) is 8.57. The summed E-state index contributed by atoms with van der Waals surface area (Å²) in [6, 6.07) is 15.6. The van der Waals surface area contributed by atoms with E-state index in [4.69, 9.17) is 4.74 Å². The predicted molar refractivity (Wildman–Crippen MR) is 129 cm³/mol. The number of amides is 1. The minimum absolute atomic E-state index is 0.0219. The zero-order valence-corrected chi connectivity index (χ0v) is 19.2. The molecule has 1 amide bonds. The van der Waals surface area contributed by atoms with Crippen molar-refractivity contribution >= 4 is 16.8 Å². The van der Waals surface area contributed by atoms with Gasteiger partial charge in [-0.25, -0.2) is 4.98 Å². The summed E-state index contributed by atoms with van der Waals surface area (Å²) in [4.78, 5) is 34.6. The number of piperidine rings is 1. The van der Waals surface area contributed by atoms with Gasteiger partial charge in [0.15, 0.2) is 0 Å². The summed E-state index contributed by atoms with van der Waals surface area (Å²) in [5.74, 6) is 1.48. The van der Waals surface area contributed by atoms with Crippen molar-refractivity contribution in [2.24, 2.45) is 0 Å². The van der Waals surface area contributed by atoms with Crippen molar-refractivity contribution in [3.63, 3.8) is 0 Å². The maximum absolute atomic E-state index is 12.6. The van der Waals surface area contributed by atoms with Crippen LogP contribution in [0, 0.1) is 0 Å². The summed E-state index contributed by atoms with van der Waals surface area (Å²) < 4.78 is 5.29. The number of nitrogens with zero attached hydrogens (tertiary/aromatic N) is 2. The fourth-order valence-electron chi connectivity index (χ4n) is 4.48. The van der Waals surface area contributed by atoms with Gasteiger partial charge in [-0.15, -0.1) is 0 Å². The number of hydrogen-bond donors (Lipinski definition) is 2. The van der Waals surface area contributed by atoms with Crippen LogP contribution in [0.1, 0.15) is 49.5 Å². The Morgan fingerprint density at radius 2 is 1.88 bits per heavy atom. The number of rotatable bonds is 9. The number of aryl methyl sites for hydroxylation is 1. The first kappa shape index (κ1) is 23.0. The van der Waals surface area contributed by atoms with Gasteiger partial charge in [-0.05, 0) is 62.2 Å². The number of methoxy groups -OCH3 is 1. The SMILES string of the molecule is COc1ccc(C(CNC(=O)CCCc2nc3ccccc3c(=O)[nH]2)N2CCCCC2)cc1. The lowest BCUT2D eigenvalue weighted by Crippen LogP contribution is -2.40. The molecule has 1 fully saturated rings. The third-order valence-corrected chi connectivity index (χ3v) is 6.30. The van der Waals surface area contributed by atoms with Gasteiger partial charge < -0.3 is 15.0 Å². The molecule has 1 aliphatic heterocycles. The van der Waals surface area contributed by atoms with Crippen molar-refractivity contribution < 1.29 is 9.53 Å². The van der Waals surface area contributed by atoms with E-state index < -0.39 is 0 Å². The van der Waals surface area contributed by atoms with Crippen LogP contribution in [0.3, 0.4) is 0 Å². The number of aromatic nitrogens is 2. The van der Waals surface area contributed by atoms with Crippen molar-refractivity contribution in [1.82, 2.24) is 20.2 Å². The minimum atomic E-state index is -0.135. The molecule has 1 aliphatic rings. The molecule has 33 heavy (non-hydrogen) atoms. The van der Waals surface area contributed by atoms with Crippen molar-refractivity contribution in [3.05, 3.63) is 70.3 Å². The van der Waals surface area contributed by atoms with Gasteiger partial charge in [-0.2, -0.15) is 0 Å². The Hall–Kier alpha value is -3.19. The van der Waals surface area contributed by atoms with Gasteiger partial charge in [0, 0.05) is 19.4 Å². The molecule has 0 aliphatic carbocycles. The van der Waals surface area contributed by atoms with E-state index in [0.717, 1.165) is 18.8 Å². The third kappa shape index (κ3) is 5.99. The van der Waals surface area contributed by atoms with Crippen molar-refractivity contribution in [2.75, 3.05) is 26.7 Å². The van der Waals surface area contributed by atoms with Crippen LogP contribution in [0.25, 0.3) is 10.9 Å². The molecule has 0 bridgehead atoms. The van der Waals surface area contributed by atoms with Crippen molar-refractivity contribution in [2.45, 2.75) is 44.6 Å². The Morgan fingerprint density at radius 3 is 2.64 bits per heavy atom. The summed E-state index contributed by atoms with van der Waals surface area (Å²) in [6.07, 6.45) is 5.23. The molecule has 1 aromatic heterocycles. The number of fused-ring (bicyclic) bond motifs is 1. The molecule has 1 atom stereocenters. The second-order valence-electron chi connectivity index (χ2n) is 8.57. The summed E-state index contributed by atoms with van der Waals surface area (Å²) in [5.41, 5.74) is 1.74. The minimum Gasteiger partial charge on any atom is -0.497 e. The molecule has 3 aromatic rings. The molecule has 2 heterocycles. The average molecular weight is 449 g/mol. The Morgan fingerprint density at radius 1 is 1.12 bits per heavy atom. The number of ether oxygens (including phenoxy) is 1. The van der Waals surface area contributed by atoms with Crippen LogP contribution in [0.4, 0.5) is 0 Å². The number of para-hydroxylation sites is 1. The molecule has 0 saturated carbocycles. The first-order chi connectivity index (χ1) is 16.1. The normalized spacial score (nSPS) is 15.3. The standard InChI is InChI=1S/C26H32N4O3/c1-33-20-14-12-19(13-15-20)23(30-16-5-2-6-17-30)18-27-25(31)11-7-10-24-28-22-9-4-3-8-21(22)26(32)29-24/h3-4,8-9,12-15,23H,2,5-7,10-11,16-18H2,1H3,(H,27,31)(H,28,29,32). The maximum Gasteiger partial charge on any atom is 0.258 e. The molecule has 7 nitrogen and oxygen atoms in total. The molecular weight excluding hydrogens is 416 g/mol. The van der Waals surface area contributed by atoms with E-state index in [9.17, 15) is 9.59 Å². The first-order valence-electron chi connectivity index (χ1n) is 11.8. The van der Waals surface area contributed by atoms with E-state index in [1.54, 1.807) is 13.2 Å². The van der Waals surface area contributed by atoms with Crippen molar-refractivity contribution in [1.29, 1.82) is 0 Å². The number of hydrogen-bond acceptors (Lipinski definition) is 5. The van der Waals surface area contributed by atoms with Gasteiger partial charge >= 0.3 is 0 Å². The van der Waals surface area contributed by atoms with Crippen LogP contribution < -0.4 is 15.6 Å². The van der Waals surface area contributed by atoms with E-state index in [-0.39, 0.29) is 17.5 Å². The summed E-state index contributed by atoms with van der Waals surface area (Å²) >= 11 is 0. The monoisotopic (exact) mass is 448 g/mol. The Bertz CT molecular complexity index is 1120. The van der Waals surface area contributed by atoms with Gasteiger partial charge in [0.1, 0.15) is 11.6 Å². The quantitative estimate of drug-likeness (QED) is 0.522. The predicted octanol–water partition coefficient (Wildman–Crippen LogP) is 3.60. The molecule has 1 saturated heterocycles. The van der Waals surface area contributed by atoms with Crippen LogP contribution in [-0.4, -0.2) is 47.5 Å². The molecule has 7 heteroatoms. The van der Waals surface area contributed by atoms with Gasteiger partial charge in [-0.1, -0.05) is 30.7 Å². The van der Waals surface area contributed by atoms with Crippen LogP contribution >= 0.6 is 0 Å². The number of carbonyl (C=O) groups is 1. The highest BCUT2D eigenvalue weighted by Crippen LogP contribution is 2.26. The number of aromatic amines is 1. The lowest BCUT2D eigenvalue weighted by molar-refractivity contribution is -0.121. The van der Waals surface area contributed by atoms with Gasteiger partial charge in [0.25, 0.3) is 5.56 Å². The third-order valence-electron chi connectivity index (χ3n) is 6.30. The van der Waals surface area contributed by atoms with Crippen LogP contribution in [-0.2, 0) is 11.2 Å². The number of H-pyrrole nitrogens is 1. The molecule has 2 N–H and O–H groups in total. The summed E-state index contributed by atoms with van der Waals surface area (Å²) in [7, 11) is 1.67. The first-order valence-corrected chi connectivity index (χ1v) is 11.8. The number of benzene rings is 2. The van der Waals surface area contributed by atoms with E-state index >= 15 is 0 Å². The topological polar surface area (TPSA) is 87.3 Å². The Balaban J connectivity index is 1.32. The maximum atomic E-state index is 12.6. The fraction of sp³-hybridized carbons (Fsp3) is 0.423. The molecule has 0 spiro atoms. The highest BCUT2D eigenvalue weighted by molar-refractivity contribution is 5.77. The smallest absolute Gasteiger partial charge is 0.258 e. The summed E-state index contributed by atoms with van der Waals surface area (Å²) in [6.45, 7) is 2.68. The Labute approximate surface area is 194 Å². The largest absolute Gasteiger partial charge is 0.497 e. The van der Waals surface area contributed by atoms with Gasteiger partial charge in [-0.3, -0.25) is 14.5 Å². The Kier molecular flexibility index (Phi) is 7.73. The zero-order valence-electron chi connectivity index (χ0n) is 19.2. The molecule has 0 radical (unpaired) electrons. The zero-order chi connectivity index (χ0) is 23.0. The highest BCUT2D eigenvalue weighted by Gasteiger charge is 2.23. The lowest BCUT2D eigenvalue weighted by Gasteiger charge is -2.35. The molecule has 2 aromatic carbocycles. The molecule has 4 rings (SSSR count). The number of nitrogens with one attached hydrogen (secondary N) is 2. The highest BCUT2D eigenvalue weighted by atomic mass is 16.5.